The number of carbonyl (C=O) groups excluding carboxylic acids is 1. The molecular weight excluding hydrogens is 374 g/mol. The van der Waals surface area contributed by atoms with E-state index in [4.69, 9.17) is 0 Å². The maximum Gasteiger partial charge on any atom is 0.267 e. The third-order valence-electron chi connectivity index (χ3n) is 5.33. The minimum Gasteiger partial charge on any atom is -0.347 e. The Kier molecular flexibility index (Phi) is 4.15. The van der Waals surface area contributed by atoms with E-state index in [-0.39, 0.29) is 22.6 Å². The largest absolute Gasteiger partial charge is 0.347 e. The van der Waals surface area contributed by atoms with Gasteiger partial charge in [0, 0.05) is 29.9 Å². The van der Waals surface area contributed by atoms with Gasteiger partial charge in [-0.3, -0.25) is 4.79 Å². The van der Waals surface area contributed by atoms with Gasteiger partial charge in [-0.05, 0) is 23.8 Å². The highest BCUT2D eigenvalue weighted by Gasteiger charge is 2.39. The summed E-state index contributed by atoms with van der Waals surface area (Å²) in [6.45, 7) is 3.83. The van der Waals surface area contributed by atoms with E-state index in [0.717, 1.165) is 21.3 Å². The maximum atomic E-state index is 12.8. The van der Waals surface area contributed by atoms with Gasteiger partial charge >= 0.3 is 0 Å². The Labute approximate surface area is 164 Å². The summed E-state index contributed by atoms with van der Waals surface area (Å²) in [7, 11) is -1.87. The van der Waals surface area contributed by atoms with Crippen LogP contribution in [0.15, 0.2) is 70.2 Å². The van der Waals surface area contributed by atoms with Crippen LogP contribution in [0.3, 0.4) is 0 Å². The Bertz CT molecular complexity index is 1130. The lowest BCUT2D eigenvalue weighted by molar-refractivity contribution is -0.114. The number of hydrogen-bond acceptors (Lipinski definition) is 5. The number of nitrogens with zero attached hydrogens (tertiary/aromatic N) is 3. The number of fused-ring (bicyclic) bond motifs is 2. The van der Waals surface area contributed by atoms with Crippen LogP contribution in [0.5, 0.6) is 0 Å². The summed E-state index contributed by atoms with van der Waals surface area (Å²) in [5, 5.41) is 0. The van der Waals surface area contributed by atoms with Gasteiger partial charge in [0.05, 0.1) is 12.2 Å². The summed E-state index contributed by atoms with van der Waals surface area (Å²) in [4.78, 5) is 19.1. The fourth-order valence-electron chi connectivity index (χ4n) is 3.83. The fraction of sp³-hybridized carbons (Fsp3) is 0.238. The molecule has 0 radical (unpaired) electrons. The predicted molar refractivity (Wildman–Crippen MR) is 109 cm³/mol. The van der Waals surface area contributed by atoms with Crippen molar-refractivity contribution in [3.63, 3.8) is 0 Å². The Hall–Kier alpha value is -2.93. The normalized spacial score (nSPS) is 20.2. The van der Waals surface area contributed by atoms with Gasteiger partial charge in [-0.15, -0.1) is 0 Å². The molecule has 0 fully saturated rings. The molecule has 0 aliphatic carbocycles. The number of anilines is 1. The molecule has 4 rings (SSSR count). The van der Waals surface area contributed by atoms with Crippen LogP contribution >= 0.6 is 0 Å². The van der Waals surface area contributed by atoms with Gasteiger partial charge in [0.15, 0.2) is 5.78 Å². The zero-order valence-electron chi connectivity index (χ0n) is 16.0. The van der Waals surface area contributed by atoms with Gasteiger partial charge in [-0.1, -0.05) is 44.2 Å². The van der Waals surface area contributed by atoms with Gasteiger partial charge < -0.3 is 4.90 Å². The van der Waals surface area contributed by atoms with Crippen LogP contribution in [-0.4, -0.2) is 38.4 Å². The molecule has 2 heterocycles. The molecule has 0 saturated carbocycles. The first kappa shape index (κ1) is 18.4. The number of carbonyl (C=O) groups is 1. The molecular formula is C21H21N3O3S. The first-order chi connectivity index (χ1) is 13.2. The van der Waals surface area contributed by atoms with E-state index in [2.05, 4.69) is 24.9 Å². The van der Waals surface area contributed by atoms with Crippen LogP contribution < -0.4 is 4.90 Å². The molecule has 0 aromatic heterocycles. The molecule has 0 unspecified atom stereocenters. The molecule has 2 aromatic carbocycles. The highest BCUT2D eigenvalue weighted by molar-refractivity contribution is 7.89. The minimum absolute atomic E-state index is 0.115. The van der Waals surface area contributed by atoms with Crippen molar-refractivity contribution in [2.45, 2.75) is 24.2 Å². The van der Waals surface area contributed by atoms with E-state index in [1.165, 1.54) is 12.4 Å². The summed E-state index contributed by atoms with van der Waals surface area (Å²) in [6.07, 6.45) is 2.76. The molecule has 144 valence electrons. The van der Waals surface area contributed by atoms with Crippen molar-refractivity contribution < 1.29 is 13.2 Å². The number of rotatable bonds is 3. The van der Waals surface area contributed by atoms with Crippen molar-refractivity contribution in [3.05, 3.63) is 65.9 Å². The molecule has 2 aliphatic heterocycles. The molecule has 28 heavy (non-hydrogen) atoms. The quantitative estimate of drug-likeness (QED) is 0.748. The summed E-state index contributed by atoms with van der Waals surface area (Å²) < 4.78 is 26.6. The van der Waals surface area contributed by atoms with Gasteiger partial charge in [-0.25, -0.2) is 17.7 Å². The first-order valence-electron chi connectivity index (χ1n) is 8.96. The van der Waals surface area contributed by atoms with Crippen molar-refractivity contribution in [2.75, 3.05) is 18.5 Å². The van der Waals surface area contributed by atoms with Crippen molar-refractivity contribution in [1.82, 2.24) is 4.31 Å². The SMILES string of the molecule is CN1/C(=C\C(=O)CN2C=Nc3ccccc3S2(=O)=O)C(C)(C)c2ccccc21. The molecule has 6 nitrogen and oxygen atoms in total. The zero-order chi connectivity index (χ0) is 20.1. The first-order valence-corrected chi connectivity index (χ1v) is 10.4. The van der Waals surface area contributed by atoms with Crippen LogP contribution in [0.4, 0.5) is 11.4 Å². The molecule has 2 aliphatic rings. The zero-order valence-corrected chi connectivity index (χ0v) is 16.8. The lowest BCUT2D eigenvalue weighted by atomic mass is 9.83. The van der Waals surface area contributed by atoms with Crippen LogP contribution in [0, 0.1) is 0 Å². The Morgan fingerprint density at radius 3 is 2.54 bits per heavy atom. The van der Waals surface area contributed by atoms with Crippen LogP contribution in [0.1, 0.15) is 19.4 Å². The Balaban J connectivity index is 1.63. The molecule has 0 bridgehead atoms. The number of hydrogen-bond donors (Lipinski definition) is 0. The maximum absolute atomic E-state index is 12.8. The molecule has 0 spiro atoms. The molecule has 0 amide bonds. The average molecular weight is 395 g/mol. The second-order valence-corrected chi connectivity index (χ2v) is 9.32. The molecule has 2 aromatic rings. The summed E-state index contributed by atoms with van der Waals surface area (Å²) in [6, 6.07) is 14.5. The van der Waals surface area contributed by atoms with Gasteiger partial charge in [-0.2, -0.15) is 0 Å². The second-order valence-electron chi connectivity index (χ2n) is 7.46. The van der Waals surface area contributed by atoms with Gasteiger partial charge in [0.1, 0.15) is 11.2 Å². The van der Waals surface area contributed by atoms with Gasteiger partial charge in [0.25, 0.3) is 10.0 Å². The monoisotopic (exact) mass is 395 g/mol. The Morgan fingerprint density at radius 1 is 1.11 bits per heavy atom. The van der Waals surface area contributed by atoms with Crippen LogP contribution in [0.25, 0.3) is 0 Å². The lowest BCUT2D eigenvalue weighted by Gasteiger charge is -2.25. The van der Waals surface area contributed by atoms with E-state index in [0.29, 0.717) is 5.69 Å². The van der Waals surface area contributed by atoms with E-state index in [9.17, 15) is 13.2 Å². The summed E-state index contributed by atoms with van der Waals surface area (Å²) in [5.41, 5.74) is 3.06. The predicted octanol–water partition coefficient (Wildman–Crippen LogP) is 3.23. The van der Waals surface area contributed by atoms with E-state index >= 15 is 0 Å². The topological polar surface area (TPSA) is 70.1 Å². The number of aliphatic imine (C=N–C) groups is 1. The molecule has 0 atom stereocenters. The smallest absolute Gasteiger partial charge is 0.267 e. The minimum atomic E-state index is -3.79. The number of ketones is 1. The lowest BCUT2D eigenvalue weighted by Crippen LogP contribution is -2.36. The van der Waals surface area contributed by atoms with E-state index in [1.54, 1.807) is 24.3 Å². The molecule has 7 heteroatoms. The van der Waals surface area contributed by atoms with E-state index in [1.807, 2.05) is 30.1 Å². The van der Waals surface area contributed by atoms with E-state index < -0.39 is 10.0 Å². The summed E-state index contributed by atoms with van der Waals surface area (Å²) in [5.74, 6) is -0.294. The Morgan fingerprint density at radius 2 is 1.79 bits per heavy atom. The van der Waals surface area contributed by atoms with Crippen molar-refractivity contribution >= 4 is 33.5 Å². The number of allylic oxidation sites excluding steroid dienone is 1. The molecule has 0 N–H and O–H groups in total. The van der Waals surface area contributed by atoms with Crippen molar-refractivity contribution in [1.29, 1.82) is 0 Å². The van der Waals surface area contributed by atoms with Gasteiger partial charge in [0.2, 0.25) is 0 Å². The number of benzene rings is 2. The third-order valence-corrected chi connectivity index (χ3v) is 7.07. The third kappa shape index (κ3) is 2.74. The van der Waals surface area contributed by atoms with Crippen LogP contribution in [0.2, 0.25) is 0 Å². The summed E-state index contributed by atoms with van der Waals surface area (Å²) >= 11 is 0. The second kappa shape index (κ2) is 6.31. The average Bonchev–Trinajstić information content (AvgIpc) is 2.85. The fourth-order valence-corrected chi connectivity index (χ4v) is 5.19. The number of sulfonamides is 1. The highest BCUT2D eigenvalue weighted by atomic mass is 32.2. The highest BCUT2D eigenvalue weighted by Crippen LogP contribution is 2.46. The number of likely N-dealkylation sites (N-methyl/N-ethyl adjacent to an activating group) is 1. The molecule has 0 saturated heterocycles. The van der Waals surface area contributed by atoms with Crippen molar-refractivity contribution in [2.24, 2.45) is 4.99 Å². The van der Waals surface area contributed by atoms with Crippen molar-refractivity contribution in [3.8, 4) is 0 Å². The van der Waals surface area contributed by atoms with Crippen LogP contribution in [-0.2, 0) is 20.2 Å². The standard InChI is InChI=1S/C21H21N3O3S/c1-21(2)16-8-4-6-10-18(16)23(3)20(21)12-15(25)13-24-14-22-17-9-5-7-11-19(17)28(24,26)27/h4-12,14H,13H2,1-3H3/b20-12-. The number of para-hydroxylation sites is 2.